The molecule has 10 nitrogen and oxygen atoms in total. The van der Waals surface area contributed by atoms with E-state index in [4.69, 9.17) is 28.4 Å². The smallest absolute Gasteiger partial charge is 0.346 e. The van der Waals surface area contributed by atoms with E-state index in [0.29, 0.717) is 45.6 Å². The van der Waals surface area contributed by atoms with Crippen molar-refractivity contribution in [2.45, 2.75) is 0 Å². The lowest BCUT2D eigenvalue weighted by atomic mass is 10.0. The second kappa shape index (κ2) is 17.9. The van der Waals surface area contributed by atoms with Crippen LogP contribution in [0.2, 0.25) is 0 Å². The number of hydrogen-bond donors (Lipinski definition) is 1. The molecule has 54 heavy (non-hydrogen) atoms. The van der Waals surface area contributed by atoms with Gasteiger partial charge in [0.2, 0.25) is 0 Å². The van der Waals surface area contributed by atoms with Gasteiger partial charge < -0.3 is 38.4 Å². The molecule has 0 bridgehead atoms. The molecule has 0 heterocycles. The predicted octanol–water partition coefficient (Wildman–Crippen LogP) is 9.54. The molecule has 0 aromatic heterocycles. The lowest BCUT2D eigenvalue weighted by Gasteiger charge is -2.27. The van der Waals surface area contributed by atoms with Gasteiger partial charge in [-0.2, -0.15) is 5.26 Å². The Kier molecular flexibility index (Phi) is 12.6. The zero-order valence-electron chi connectivity index (χ0n) is 30.8. The van der Waals surface area contributed by atoms with Crippen LogP contribution in [0.5, 0.6) is 34.5 Å². The fourth-order valence-corrected chi connectivity index (χ4v) is 5.84. The molecule has 0 aliphatic heterocycles. The third-order valence-corrected chi connectivity index (χ3v) is 8.50. The highest BCUT2D eigenvalue weighted by Gasteiger charge is 2.20. The summed E-state index contributed by atoms with van der Waals surface area (Å²) in [5.74, 6) is 1.93. The first kappa shape index (κ1) is 38.1. The van der Waals surface area contributed by atoms with E-state index in [-0.39, 0.29) is 0 Å². The van der Waals surface area contributed by atoms with Gasteiger partial charge in [-0.25, -0.2) is 4.79 Å². The van der Waals surface area contributed by atoms with Crippen molar-refractivity contribution in [2.75, 3.05) is 47.6 Å². The predicted molar refractivity (Wildman–Crippen MR) is 212 cm³/mol. The molecule has 0 amide bonds. The van der Waals surface area contributed by atoms with Crippen molar-refractivity contribution in [1.29, 1.82) is 5.26 Å². The van der Waals surface area contributed by atoms with E-state index < -0.39 is 11.5 Å². The minimum absolute atomic E-state index is 0.363. The molecule has 274 valence electrons. The molecule has 1 N–H and O–H groups in total. The molecule has 10 heteroatoms. The van der Waals surface area contributed by atoms with Crippen molar-refractivity contribution in [3.63, 3.8) is 0 Å². The van der Waals surface area contributed by atoms with E-state index in [1.807, 2.05) is 109 Å². The third-order valence-electron chi connectivity index (χ3n) is 8.50. The van der Waals surface area contributed by atoms with E-state index in [1.54, 1.807) is 46.6 Å². The van der Waals surface area contributed by atoms with Crippen LogP contribution in [0.15, 0.2) is 103 Å². The number of carboxylic acids is 1. The summed E-state index contributed by atoms with van der Waals surface area (Å²) in [5, 5.41) is 18.6. The number of nitriles is 1. The Balaban J connectivity index is 1.52. The molecule has 0 aliphatic carbocycles. The lowest BCUT2D eigenvalue weighted by Crippen LogP contribution is -2.11. The summed E-state index contributed by atoms with van der Waals surface area (Å²) < 4.78 is 34.6. The molecule has 5 aromatic carbocycles. The van der Waals surface area contributed by atoms with Gasteiger partial charge in [0.25, 0.3) is 0 Å². The summed E-state index contributed by atoms with van der Waals surface area (Å²) in [7, 11) is 9.43. The van der Waals surface area contributed by atoms with E-state index in [2.05, 4.69) is 4.90 Å². The van der Waals surface area contributed by atoms with Gasteiger partial charge in [-0.05, 0) is 60.7 Å². The summed E-state index contributed by atoms with van der Waals surface area (Å²) in [5.41, 5.74) is 5.61. The Bertz CT molecular complexity index is 2200. The van der Waals surface area contributed by atoms with Gasteiger partial charge >= 0.3 is 5.97 Å². The quantitative estimate of drug-likeness (QED) is 0.0635. The minimum atomic E-state index is -1.34. The van der Waals surface area contributed by atoms with Crippen LogP contribution in [0.25, 0.3) is 30.4 Å². The second-order valence-corrected chi connectivity index (χ2v) is 11.6. The van der Waals surface area contributed by atoms with Crippen molar-refractivity contribution >= 4 is 53.4 Å². The largest absolute Gasteiger partial charge is 0.496 e. The standard InChI is InChI=1S/C44H40N2O8/c1-49-38-23-30(39(50-2)22-29(38)17-18-31-24-41(52-4)33(26-40(31)51-3)21-34(28-45)44(47)48)19-20-32-25-43(54-6)37(27-42(32)53-5)46(35-13-9-7-10-14-35)36-15-11-8-12-16-36/h7-27H,1-6H3,(H,47,48)/b18-17+,20-19+,34-21+. The second-order valence-electron chi connectivity index (χ2n) is 11.6. The van der Waals surface area contributed by atoms with Crippen LogP contribution in [0.3, 0.4) is 0 Å². The Morgan fingerprint density at radius 1 is 0.537 bits per heavy atom. The van der Waals surface area contributed by atoms with Gasteiger partial charge in [-0.15, -0.1) is 0 Å². The van der Waals surface area contributed by atoms with Crippen LogP contribution in [0.1, 0.15) is 27.8 Å². The van der Waals surface area contributed by atoms with Crippen LogP contribution in [0, 0.1) is 11.3 Å². The highest BCUT2D eigenvalue weighted by molar-refractivity contribution is 5.97. The molecule has 0 saturated heterocycles. The summed E-state index contributed by atoms with van der Waals surface area (Å²) in [6.07, 6.45) is 8.75. The van der Waals surface area contributed by atoms with Gasteiger partial charge in [-0.1, -0.05) is 60.7 Å². The molecule has 0 aliphatic rings. The Labute approximate surface area is 314 Å². The molecule has 5 rings (SSSR count). The third kappa shape index (κ3) is 8.49. The number of anilines is 3. The maximum absolute atomic E-state index is 11.4. The zero-order chi connectivity index (χ0) is 38.6. The molecule has 0 atom stereocenters. The van der Waals surface area contributed by atoms with Crippen LogP contribution in [-0.2, 0) is 4.79 Å². The van der Waals surface area contributed by atoms with Gasteiger partial charge in [0, 0.05) is 45.3 Å². The first-order valence-electron chi connectivity index (χ1n) is 16.7. The number of carbonyl (C=O) groups is 1. The molecule has 0 radical (unpaired) electrons. The number of nitrogens with zero attached hydrogens (tertiary/aromatic N) is 2. The van der Waals surface area contributed by atoms with Crippen molar-refractivity contribution in [2.24, 2.45) is 0 Å². The molecule has 0 fully saturated rings. The van der Waals surface area contributed by atoms with Crippen LogP contribution in [-0.4, -0.2) is 53.7 Å². The summed E-state index contributed by atoms with van der Waals surface area (Å²) >= 11 is 0. The van der Waals surface area contributed by atoms with Crippen LogP contribution >= 0.6 is 0 Å². The maximum atomic E-state index is 11.4. The summed E-state index contributed by atoms with van der Waals surface area (Å²) in [4.78, 5) is 13.6. The van der Waals surface area contributed by atoms with Gasteiger partial charge in [-0.3, -0.25) is 0 Å². The van der Waals surface area contributed by atoms with E-state index in [0.717, 1.165) is 33.8 Å². The first-order chi connectivity index (χ1) is 26.3. The van der Waals surface area contributed by atoms with Gasteiger partial charge in [0.1, 0.15) is 46.1 Å². The van der Waals surface area contributed by atoms with E-state index >= 15 is 0 Å². The van der Waals surface area contributed by atoms with Gasteiger partial charge in [0.05, 0.1) is 48.3 Å². The monoisotopic (exact) mass is 724 g/mol. The fraction of sp³-hybridized carbons (Fsp3) is 0.136. The summed E-state index contributed by atoms with van der Waals surface area (Å²) in [6, 6.07) is 32.8. The molecular formula is C44H40N2O8. The van der Waals surface area contributed by atoms with Gasteiger partial charge in [0.15, 0.2) is 0 Å². The topological polar surface area (TPSA) is 120 Å². The summed E-state index contributed by atoms with van der Waals surface area (Å²) in [6.45, 7) is 0. The average molecular weight is 725 g/mol. The normalized spacial score (nSPS) is 11.2. The molecule has 0 spiro atoms. The number of carboxylic acid groups (broad SMARTS) is 1. The molecule has 0 unspecified atom stereocenters. The fourth-order valence-electron chi connectivity index (χ4n) is 5.84. The molecular weight excluding hydrogens is 684 g/mol. The zero-order valence-corrected chi connectivity index (χ0v) is 30.8. The van der Waals surface area contributed by atoms with E-state index in [1.165, 1.54) is 20.3 Å². The first-order valence-corrected chi connectivity index (χ1v) is 16.7. The lowest BCUT2D eigenvalue weighted by molar-refractivity contribution is -0.132. The Hall–Kier alpha value is -7.12. The van der Waals surface area contributed by atoms with Crippen molar-refractivity contribution in [3.05, 3.63) is 130 Å². The SMILES string of the molecule is COc1cc(/C=C/c2cc(OC)c(N(c3ccccc3)c3ccccc3)cc2OC)c(OC)cc1/C=C/c1cc(OC)c(/C=C(\C#N)C(=O)O)cc1OC. The van der Waals surface area contributed by atoms with Crippen LogP contribution in [0.4, 0.5) is 17.1 Å². The Morgan fingerprint density at radius 2 is 0.870 bits per heavy atom. The number of ether oxygens (including phenoxy) is 6. The number of hydrogen-bond acceptors (Lipinski definition) is 9. The highest BCUT2D eigenvalue weighted by atomic mass is 16.5. The molecule has 0 saturated carbocycles. The average Bonchev–Trinajstić information content (AvgIpc) is 3.21. The van der Waals surface area contributed by atoms with Crippen molar-refractivity contribution in [1.82, 2.24) is 0 Å². The molecule has 5 aromatic rings. The van der Waals surface area contributed by atoms with Crippen molar-refractivity contribution in [3.8, 4) is 40.6 Å². The van der Waals surface area contributed by atoms with Crippen molar-refractivity contribution < 1.29 is 38.3 Å². The number of rotatable bonds is 15. The van der Waals surface area contributed by atoms with E-state index in [9.17, 15) is 15.2 Å². The highest BCUT2D eigenvalue weighted by Crippen LogP contribution is 2.44. The number of methoxy groups -OCH3 is 6. The maximum Gasteiger partial charge on any atom is 0.346 e. The number of benzene rings is 5. The van der Waals surface area contributed by atoms with Crippen LogP contribution < -0.4 is 33.3 Å². The Morgan fingerprint density at radius 3 is 1.22 bits per heavy atom. The number of para-hydroxylation sites is 2. The minimum Gasteiger partial charge on any atom is -0.496 e. The number of aliphatic carboxylic acids is 1.